The van der Waals surface area contributed by atoms with E-state index >= 15 is 0 Å². The standard InChI is InChI=1S/C13H26N2/c1-2-10-15(11-7-12-3-4-12)13-5-8-14-9-6-13/h12-14H,2-11H2,1H3. The molecule has 1 saturated heterocycles. The van der Waals surface area contributed by atoms with E-state index in [1.165, 1.54) is 64.7 Å². The van der Waals surface area contributed by atoms with Crippen molar-refractivity contribution in [1.29, 1.82) is 0 Å². The van der Waals surface area contributed by atoms with E-state index in [1.54, 1.807) is 0 Å². The molecule has 88 valence electrons. The fourth-order valence-electron chi connectivity index (χ4n) is 2.69. The summed E-state index contributed by atoms with van der Waals surface area (Å²) >= 11 is 0. The number of piperidine rings is 1. The third-order valence-corrected chi connectivity index (χ3v) is 3.86. The molecule has 2 nitrogen and oxygen atoms in total. The Morgan fingerprint density at radius 1 is 1.07 bits per heavy atom. The van der Waals surface area contributed by atoms with Crippen LogP contribution in [0.1, 0.15) is 45.4 Å². The van der Waals surface area contributed by atoms with Crippen molar-refractivity contribution in [2.45, 2.75) is 51.5 Å². The molecule has 2 aliphatic rings. The summed E-state index contributed by atoms with van der Waals surface area (Å²) in [5.41, 5.74) is 0. The van der Waals surface area contributed by atoms with Crippen LogP contribution in [0.3, 0.4) is 0 Å². The van der Waals surface area contributed by atoms with Crippen LogP contribution in [0.15, 0.2) is 0 Å². The van der Waals surface area contributed by atoms with Gasteiger partial charge in [0.15, 0.2) is 0 Å². The zero-order valence-corrected chi connectivity index (χ0v) is 10.2. The maximum Gasteiger partial charge on any atom is 0.0119 e. The van der Waals surface area contributed by atoms with E-state index in [4.69, 9.17) is 0 Å². The summed E-state index contributed by atoms with van der Waals surface area (Å²) in [5, 5.41) is 3.46. The normalized spacial score (nSPS) is 23.6. The number of rotatable bonds is 6. The second-order valence-corrected chi connectivity index (χ2v) is 5.25. The monoisotopic (exact) mass is 210 g/mol. The first-order valence-electron chi connectivity index (χ1n) is 6.85. The predicted octanol–water partition coefficient (Wildman–Crippen LogP) is 2.25. The van der Waals surface area contributed by atoms with Gasteiger partial charge in [0.05, 0.1) is 0 Å². The molecule has 1 aliphatic carbocycles. The molecular formula is C13H26N2. The molecule has 0 aromatic heterocycles. The van der Waals surface area contributed by atoms with Gasteiger partial charge < -0.3 is 10.2 Å². The van der Waals surface area contributed by atoms with E-state index in [0.29, 0.717) is 0 Å². The van der Waals surface area contributed by atoms with Crippen LogP contribution in [0.5, 0.6) is 0 Å². The molecule has 1 heterocycles. The third-order valence-electron chi connectivity index (χ3n) is 3.86. The molecule has 1 saturated carbocycles. The molecule has 0 aromatic carbocycles. The molecule has 0 atom stereocenters. The predicted molar refractivity (Wildman–Crippen MR) is 65.1 cm³/mol. The smallest absolute Gasteiger partial charge is 0.0119 e. The second-order valence-electron chi connectivity index (χ2n) is 5.25. The van der Waals surface area contributed by atoms with Crippen molar-refractivity contribution in [3.05, 3.63) is 0 Å². The Balaban J connectivity index is 1.74. The molecule has 0 radical (unpaired) electrons. The molecule has 0 spiro atoms. The summed E-state index contributed by atoms with van der Waals surface area (Å²) in [6.07, 6.45) is 8.52. The fraction of sp³-hybridized carbons (Fsp3) is 1.00. The number of nitrogens with zero attached hydrogens (tertiary/aromatic N) is 1. The summed E-state index contributed by atoms with van der Waals surface area (Å²) in [6.45, 7) is 7.45. The highest BCUT2D eigenvalue weighted by Crippen LogP contribution is 2.32. The van der Waals surface area contributed by atoms with Gasteiger partial charge in [0.25, 0.3) is 0 Å². The molecule has 2 rings (SSSR count). The van der Waals surface area contributed by atoms with E-state index in [9.17, 15) is 0 Å². The lowest BCUT2D eigenvalue weighted by molar-refractivity contribution is 0.158. The third kappa shape index (κ3) is 3.76. The topological polar surface area (TPSA) is 15.3 Å². The molecule has 0 unspecified atom stereocenters. The first-order valence-corrected chi connectivity index (χ1v) is 6.85. The van der Waals surface area contributed by atoms with Crippen molar-refractivity contribution in [3.63, 3.8) is 0 Å². The van der Waals surface area contributed by atoms with Gasteiger partial charge in [-0.1, -0.05) is 19.8 Å². The Bertz CT molecular complexity index is 171. The Morgan fingerprint density at radius 3 is 2.40 bits per heavy atom. The first-order chi connectivity index (χ1) is 7.40. The van der Waals surface area contributed by atoms with E-state index in [2.05, 4.69) is 17.1 Å². The lowest BCUT2D eigenvalue weighted by Crippen LogP contribution is -2.44. The highest BCUT2D eigenvalue weighted by Gasteiger charge is 2.25. The Hall–Kier alpha value is -0.0800. The largest absolute Gasteiger partial charge is 0.317 e. The summed E-state index contributed by atoms with van der Waals surface area (Å²) in [4.78, 5) is 2.76. The average Bonchev–Trinajstić information content (AvgIpc) is 3.09. The van der Waals surface area contributed by atoms with E-state index < -0.39 is 0 Å². The van der Waals surface area contributed by atoms with E-state index in [-0.39, 0.29) is 0 Å². The Kier molecular flexibility index (Phi) is 4.45. The quantitative estimate of drug-likeness (QED) is 0.723. The SMILES string of the molecule is CCCN(CCC1CC1)C1CCNCC1. The van der Waals surface area contributed by atoms with Gasteiger partial charge in [-0.2, -0.15) is 0 Å². The molecule has 0 amide bonds. The van der Waals surface area contributed by atoms with Gasteiger partial charge in [-0.05, 0) is 57.8 Å². The summed E-state index contributed by atoms with van der Waals surface area (Å²) in [6, 6.07) is 0.880. The van der Waals surface area contributed by atoms with Gasteiger partial charge in [-0.15, -0.1) is 0 Å². The average molecular weight is 210 g/mol. The van der Waals surface area contributed by atoms with Crippen molar-refractivity contribution in [1.82, 2.24) is 10.2 Å². The van der Waals surface area contributed by atoms with Crippen LogP contribution in [0.25, 0.3) is 0 Å². The lowest BCUT2D eigenvalue weighted by Gasteiger charge is -2.34. The van der Waals surface area contributed by atoms with Crippen LogP contribution in [0.4, 0.5) is 0 Å². The minimum absolute atomic E-state index is 0.880. The molecule has 2 heteroatoms. The van der Waals surface area contributed by atoms with Crippen LogP contribution in [0, 0.1) is 5.92 Å². The van der Waals surface area contributed by atoms with Gasteiger partial charge in [-0.25, -0.2) is 0 Å². The van der Waals surface area contributed by atoms with Crippen LogP contribution in [-0.4, -0.2) is 37.1 Å². The summed E-state index contributed by atoms with van der Waals surface area (Å²) < 4.78 is 0. The van der Waals surface area contributed by atoms with Gasteiger partial charge in [0.1, 0.15) is 0 Å². The highest BCUT2D eigenvalue weighted by atomic mass is 15.2. The van der Waals surface area contributed by atoms with E-state index in [0.717, 1.165) is 12.0 Å². The molecular weight excluding hydrogens is 184 g/mol. The first kappa shape index (κ1) is 11.4. The number of nitrogens with one attached hydrogen (secondary N) is 1. The molecule has 1 aliphatic heterocycles. The zero-order valence-electron chi connectivity index (χ0n) is 10.2. The molecule has 0 aromatic rings. The zero-order chi connectivity index (χ0) is 10.5. The maximum atomic E-state index is 3.46. The molecule has 1 N–H and O–H groups in total. The minimum Gasteiger partial charge on any atom is -0.317 e. The van der Waals surface area contributed by atoms with Crippen LogP contribution < -0.4 is 5.32 Å². The van der Waals surface area contributed by atoms with Crippen molar-refractivity contribution < 1.29 is 0 Å². The Labute approximate surface area is 94.4 Å². The number of hydrogen-bond acceptors (Lipinski definition) is 2. The van der Waals surface area contributed by atoms with Crippen LogP contribution in [0.2, 0.25) is 0 Å². The van der Waals surface area contributed by atoms with Crippen LogP contribution in [-0.2, 0) is 0 Å². The van der Waals surface area contributed by atoms with Gasteiger partial charge in [0, 0.05) is 6.04 Å². The highest BCUT2D eigenvalue weighted by molar-refractivity contribution is 4.80. The fourth-order valence-corrected chi connectivity index (χ4v) is 2.69. The van der Waals surface area contributed by atoms with Crippen molar-refractivity contribution >= 4 is 0 Å². The lowest BCUT2D eigenvalue weighted by atomic mass is 10.0. The van der Waals surface area contributed by atoms with E-state index in [1.807, 2.05) is 0 Å². The van der Waals surface area contributed by atoms with Crippen molar-refractivity contribution in [2.24, 2.45) is 5.92 Å². The van der Waals surface area contributed by atoms with Crippen LogP contribution >= 0.6 is 0 Å². The van der Waals surface area contributed by atoms with Gasteiger partial charge >= 0.3 is 0 Å². The summed E-state index contributed by atoms with van der Waals surface area (Å²) in [5.74, 6) is 1.09. The van der Waals surface area contributed by atoms with Crippen molar-refractivity contribution in [2.75, 3.05) is 26.2 Å². The summed E-state index contributed by atoms with van der Waals surface area (Å²) in [7, 11) is 0. The minimum atomic E-state index is 0.880. The molecule has 0 bridgehead atoms. The van der Waals surface area contributed by atoms with Crippen molar-refractivity contribution in [3.8, 4) is 0 Å². The second kappa shape index (κ2) is 5.86. The molecule has 2 fully saturated rings. The van der Waals surface area contributed by atoms with Gasteiger partial charge in [-0.3, -0.25) is 0 Å². The number of hydrogen-bond donors (Lipinski definition) is 1. The Morgan fingerprint density at radius 2 is 1.80 bits per heavy atom. The molecule has 15 heavy (non-hydrogen) atoms. The van der Waals surface area contributed by atoms with Gasteiger partial charge in [0.2, 0.25) is 0 Å². The maximum absolute atomic E-state index is 3.46.